The van der Waals surface area contributed by atoms with Gasteiger partial charge in [-0.15, -0.1) is 0 Å². The Balaban J connectivity index is 1.99. The van der Waals surface area contributed by atoms with E-state index in [-0.39, 0.29) is 5.72 Å². The minimum Gasteiger partial charge on any atom is -0.359 e. The molecule has 0 aromatic carbocycles. The minimum absolute atomic E-state index is 0.0428. The summed E-state index contributed by atoms with van der Waals surface area (Å²) in [6, 6.07) is 0. The molecule has 2 fully saturated rings. The maximum Gasteiger partial charge on any atom is 0.119 e. The fraction of sp³-hybridized carbons (Fsp3) is 0.778. The van der Waals surface area contributed by atoms with E-state index in [1.54, 1.807) is 0 Å². The lowest BCUT2D eigenvalue weighted by Gasteiger charge is -2.33. The van der Waals surface area contributed by atoms with E-state index in [4.69, 9.17) is 4.74 Å². The summed E-state index contributed by atoms with van der Waals surface area (Å²) in [5.74, 6) is 0. The summed E-state index contributed by atoms with van der Waals surface area (Å²) in [4.78, 5) is 0. The second kappa shape index (κ2) is 2.61. The average molecular weight is 153 g/mol. The van der Waals surface area contributed by atoms with Gasteiger partial charge >= 0.3 is 0 Å². The first-order valence-electron chi connectivity index (χ1n) is 4.36. The van der Waals surface area contributed by atoms with Gasteiger partial charge in [-0.1, -0.05) is 12.2 Å². The van der Waals surface area contributed by atoms with Gasteiger partial charge in [0.2, 0.25) is 0 Å². The SMILES string of the molecule is C=C1CCC2(CC1)NCCO2. The summed E-state index contributed by atoms with van der Waals surface area (Å²) in [5.41, 5.74) is 1.43. The molecule has 1 N–H and O–H groups in total. The van der Waals surface area contributed by atoms with E-state index in [0.29, 0.717) is 0 Å². The molecule has 1 aliphatic carbocycles. The molecule has 2 nitrogen and oxygen atoms in total. The predicted octanol–water partition coefficient (Wildman–Crippen LogP) is 1.43. The lowest BCUT2D eigenvalue weighted by molar-refractivity contribution is -0.0307. The molecule has 0 atom stereocenters. The maximum atomic E-state index is 5.68. The Kier molecular flexibility index (Phi) is 1.74. The first-order valence-corrected chi connectivity index (χ1v) is 4.36. The van der Waals surface area contributed by atoms with Gasteiger partial charge in [-0.3, -0.25) is 5.32 Å². The van der Waals surface area contributed by atoms with Crippen LogP contribution in [0.3, 0.4) is 0 Å². The molecule has 0 bridgehead atoms. The molecular formula is C9H15NO. The maximum absolute atomic E-state index is 5.68. The zero-order chi connectivity index (χ0) is 7.73. The molecule has 1 aliphatic heterocycles. The number of nitrogens with one attached hydrogen (secondary N) is 1. The smallest absolute Gasteiger partial charge is 0.119 e. The fourth-order valence-electron chi connectivity index (χ4n) is 1.90. The van der Waals surface area contributed by atoms with E-state index < -0.39 is 0 Å². The molecule has 1 saturated heterocycles. The van der Waals surface area contributed by atoms with Crippen molar-refractivity contribution in [1.29, 1.82) is 0 Å². The lowest BCUT2D eigenvalue weighted by atomic mass is 9.89. The van der Waals surface area contributed by atoms with Gasteiger partial charge in [0.25, 0.3) is 0 Å². The summed E-state index contributed by atoms with van der Waals surface area (Å²) in [6.07, 6.45) is 4.50. The Morgan fingerprint density at radius 2 is 2.09 bits per heavy atom. The van der Waals surface area contributed by atoms with Gasteiger partial charge in [0.15, 0.2) is 0 Å². The second-order valence-corrected chi connectivity index (χ2v) is 3.52. The standard InChI is InChI=1S/C9H15NO/c1-8-2-4-9(5-3-8)10-6-7-11-9/h10H,1-7H2. The molecule has 0 unspecified atom stereocenters. The van der Waals surface area contributed by atoms with Crippen LogP contribution in [0.5, 0.6) is 0 Å². The van der Waals surface area contributed by atoms with Crippen molar-refractivity contribution in [2.24, 2.45) is 0 Å². The van der Waals surface area contributed by atoms with Crippen LogP contribution in [0, 0.1) is 0 Å². The molecule has 1 spiro atoms. The molecule has 62 valence electrons. The molecule has 0 aromatic heterocycles. The third kappa shape index (κ3) is 1.33. The molecule has 0 radical (unpaired) electrons. The van der Waals surface area contributed by atoms with Crippen LogP contribution in [-0.4, -0.2) is 18.9 Å². The molecule has 2 aliphatic rings. The van der Waals surface area contributed by atoms with E-state index in [1.807, 2.05) is 0 Å². The highest BCUT2D eigenvalue weighted by atomic mass is 16.5. The third-order valence-corrected chi connectivity index (χ3v) is 2.69. The van der Waals surface area contributed by atoms with Crippen molar-refractivity contribution in [3.8, 4) is 0 Å². The van der Waals surface area contributed by atoms with Gasteiger partial charge in [-0.2, -0.15) is 0 Å². The zero-order valence-electron chi connectivity index (χ0n) is 6.86. The van der Waals surface area contributed by atoms with E-state index >= 15 is 0 Å². The van der Waals surface area contributed by atoms with Crippen molar-refractivity contribution in [3.63, 3.8) is 0 Å². The summed E-state index contributed by atoms with van der Waals surface area (Å²) in [6.45, 7) is 5.89. The molecular weight excluding hydrogens is 138 g/mol. The Morgan fingerprint density at radius 1 is 1.36 bits per heavy atom. The van der Waals surface area contributed by atoms with E-state index in [0.717, 1.165) is 38.8 Å². The fourth-order valence-corrected chi connectivity index (χ4v) is 1.90. The number of hydrogen-bond acceptors (Lipinski definition) is 2. The molecule has 0 amide bonds. The van der Waals surface area contributed by atoms with Crippen molar-refractivity contribution in [2.45, 2.75) is 31.4 Å². The van der Waals surface area contributed by atoms with Crippen LogP contribution >= 0.6 is 0 Å². The zero-order valence-corrected chi connectivity index (χ0v) is 6.86. The van der Waals surface area contributed by atoms with Crippen LogP contribution < -0.4 is 5.32 Å². The van der Waals surface area contributed by atoms with Crippen molar-refractivity contribution in [2.75, 3.05) is 13.2 Å². The van der Waals surface area contributed by atoms with Gasteiger partial charge < -0.3 is 4.74 Å². The van der Waals surface area contributed by atoms with Crippen LogP contribution in [0.25, 0.3) is 0 Å². The number of rotatable bonds is 0. The van der Waals surface area contributed by atoms with Gasteiger partial charge in [0.05, 0.1) is 6.61 Å². The molecule has 11 heavy (non-hydrogen) atoms. The Bertz CT molecular complexity index is 158. The Hall–Kier alpha value is -0.340. The molecule has 1 heterocycles. The van der Waals surface area contributed by atoms with Crippen molar-refractivity contribution in [1.82, 2.24) is 5.32 Å². The predicted molar refractivity (Wildman–Crippen MR) is 44.3 cm³/mol. The van der Waals surface area contributed by atoms with Crippen LogP contribution in [0.4, 0.5) is 0 Å². The van der Waals surface area contributed by atoms with Gasteiger partial charge in [0.1, 0.15) is 5.72 Å². The highest BCUT2D eigenvalue weighted by molar-refractivity contribution is 5.03. The van der Waals surface area contributed by atoms with Crippen LogP contribution in [0.1, 0.15) is 25.7 Å². The van der Waals surface area contributed by atoms with Crippen molar-refractivity contribution < 1.29 is 4.74 Å². The first-order chi connectivity index (χ1) is 5.31. The lowest BCUT2D eigenvalue weighted by Crippen LogP contribution is -2.42. The number of ether oxygens (including phenoxy) is 1. The monoisotopic (exact) mass is 153 g/mol. The highest BCUT2D eigenvalue weighted by Gasteiger charge is 2.36. The summed E-state index contributed by atoms with van der Waals surface area (Å²) < 4.78 is 5.68. The van der Waals surface area contributed by atoms with E-state index in [9.17, 15) is 0 Å². The quantitative estimate of drug-likeness (QED) is 0.532. The molecule has 1 saturated carbocycles. The van der Waals surface area contributed by atoms with Crippen LogP contribution in [0.2, 0.25) is 0 Å². The van der Waals surface area contributed by atoms with Gasteiger partial charge in [-0.05, 0) is 25.7 Å². The summed E-state index contributed by atoms with van der Waals surface area (Å²) >= 11 is 0. The largest absolute Gasteiger partial charge is 0.359 e. The van der Waals surface area contributed by atoms with Gasteiger partial charge in [0, 0.05) is 6.54 Å². The number of allylic oxidation sites excluding steroid dienone is 1. The van der Waals surface area contributed by atoms with Gasteiger partial charge in [-0.25, -0.2) is 0 Å². The van der Waals surface area contributed by atoms with Crippen molar-refractivity contribution in [3.05, 3.63) is 12.2 Å². The minimum atomic E-state index is 0.0428. The van der Waals surface area contributed by atoms with Crippen LogP contribution in [0.15, 0.2) is 12.2 Å². The Labute approximate surface area is 67.6 Å². The molecule has 0 aromatic rings. The highest BCUT2D eigenvalue weighted by Crippen LogP contribution is 2.33. The molecule has 2 rings (SSSR count). The third-order valence-electron chi connectivity index (χ3n) is 2.69. The molecule has 2 heteroatoms. The average Bonchev–Trinajstić information content (AvgIpc) is 2.45. The second-order valence-electron chi connectivity index (χ2n) is 3.52. The normalized spacial score (nSPS) is 29.6. The topological polar surface area (TPSA) is 21.3 Å². The van der Waals surface area contributed by atoms with Crippen LogP contribution in [-0.2, 0) is 4.74 Å². The number of hydrogen-bond donors (Lipinski definition) is 1. The van der Waals surface area contributed by atoms with Crippen molar-refractivity contribution >= 4 is 0 Å². The first kappa shape index (κ1) is 7.32. The van der Waals surface area contributed by atoms with E-state index in [2.05, 4.69) is 11.9 Å². The van der Waals surface area contributed by atoms with E-state index in [1.165, 1.54) is 5.57 Å². The summed E-state index contributed by atoms with van der Waals surface area (Å²) in [7, 11) is 0. The Morgan fingerprint density at radius 3 is 2.64 bits per heavy atom. The summed E-state index contributed by atoms with van der Waals surface area (Å²) in [5, 5.41) is 3.43.